The summed E-state index contributed by atoms with van der Waals surface area (Å²) in [5, 5.41) is 46.3. The zero-order valence-electron chi connectivity index (χ0n) is 10.4. The van der Waals surface area contributed by atoms with E-state index in [2.05, 4.69) is 4.18 Å². The summed E-state index contributed by atoms with van der Waals surface area (Å²) in [5.41, 5.74) is 0. The molecule has 1 fully saturated rings. The van der Waals surface area contributed by atoms with Crippen LogP contribution in [0.1, 0.15) is 0 Å². The molecule has 0 amide bonds. The SMILES string of the molecule is O=S(=O)([O-])O[C@@H](CO)[C@@H](O)C[S+]1C[C@@H](O)[C@H](O)[C@H]1CO. The molecule has 1 heterocycles. The van der Waals surface area contributed by atoms with E-state index in [1.807, 2.05) is 0 Å². The molecule has 5 N–H and O–H groups in total. The van der Waals surface area contributed by atoms with Gasteiger partial charge in [-0.15, -0.1) is 0 Å². The molecule has 0 aromatic carbocycles. The second-order valence-electron chi connectivity index (χ2n) is 4.44. The van der Waals surface area contributed by atoms with Crippen LogP contribution in [0.5, 0.6) is 0 Å². The fraction of sp³-hybridized carbons (Fsp3) is 1.00. The number of rotatable bonds is 7. The second kappa shape index (κ2) is 7.33. The fourth-order valence-corrected chi connectivity index (χ4v) is 5.18. The zero-order valence-corrected chi connectivity index (χ0v) is 12.0. The molecule has 0 aliphatic carbocycles. The van der Waals surface area contributed by atoms with Crippen molar-refractivity contribution in [3.05, 3.63) is 0 Å². The maximum Gasteiger partial charge on any atom is 0.218 e. The summed E-state index contributed by atoms with van der Waals surface area (Å²) in [7, 11) is -5.86. The van der Waals surface area contributed by atoms with E-state index in [-0.39, 0.29) is 11.5 Å². The average molecular weight is 334 g/mol. The molecule has 0 saturated carbocycles. The summed E-state index contributed by atoms with van der Waals surface area (Å²) in [6.45, 7) is -1.28. The maximum absolute atomic E-state index is 10.4. The Hall–Kier alpha value is 0.0200. The molecule has 20 heavy (non-hydrogen) atoms. The van der Waals surface area contributed by atoms with Gasteiger partial charge >= 0.3 is 0 Å². The molecular weight excluding hydrogens is 316 g/mol. The minimum Gasteiger partial charge on any atom is -0.726 e. The van der Waals surface area contributed by atoms with E-state index in [4.69, 9.17) is 10.2 Å². The van der Waals surface area contributed by atoms with Crippen molar-refractivity contribution in [3.8, 4) is 0 Å². The Balaban J connectivity index is 2.66. The third-order valence-corrected chi connectivity index (χ3v) is 6.31. The Labute approximate surface area is 119 Å². The van der Waals surface area contributed by atoms with Crippen molar-refractivity contribution in [2.24, 2.45) is 0 Å². The second-order valence-corrected chi connectivity index (χ2v) is 7.80. The number of aliphatic hydroxyl groups excluding tert-OH is 5. The molecule has 0 spiro atoms. The van der Waals surface area contributed by atoms with Gasteiger partial charge in [0, 0.05) is 10.9 Å². The Morgan fingerprint density at radius 3 is 2.40 bits per heavy atom. The van der Waals surface area contributed by atoms with Crippen molar-refractivity contribution in [2.75, 3.05) is 24.7 Å². The number of aliphatic hydroxyl groups is 5. The molecular formula is C9H18O9S2. The smallest absolute Gasteiger partial charge is 0.218 e. The Morgan fingerprint density at radius 1 is 1.35 bits per heavy atom. The highest BCUT2D eigenvalue weighted by Gasteiger charge is 2.50. The van der Waals surface area contributed by atoms with Crippen LogP contribution in [-0.2, 0) is 25.5 Å². The van der Waals surface area contributed by atoms with E-state index < -0.39 is 64.2 Å². The van der Waals surface area contributed by atoms with E-state index >= 15 is 0 Å². The summed E-state index contributed by atoms with van der Waals surface area (Å²) < 4.78 is 35.4. The number of hydrogen-bond donors (Lipinski definition) is 5. The van der Waals surface area contributed by atoms with Gasteiger partial charge in [0.15, 0.2) is 5.25 Å². The van der Waals surface area contributed by atoms with Crippen molar-refractivity contribution >= 4 is 21.3 Å². The molecule has 1 unspecified atom stereocenters. The molecule has 0 aromatic rings. The summed E-state index contributed by atoms with van der Waals surface area (Å²) in [4.78, 5) is 0. The van der Waals surface area contributed by atoms with Gasteiger partial charge in [0.1, 0.15) is 35.9 Å². The van der Waals surface area contributed by atoms with Gasteiger partial charge in [-0.05, 0) is 0 Å². The average Bonchev–Trinajstić information content (AvgIpc) is 2.60. The molecule has 1 saturated heterocycles. The highest BCUT2D eigenvalue weighted by atomic mass is 32.3. The van der Waals surface area contributed by atoms with Crippen LogP contribution in [0, 0.1) is 0 Å². The highest BCUT2D eigenvalue weighted by Crippen LogP contribution is 2.25. The third kappa shape index (κ3) is 4.79. The van der Waals surface area contributed by atoms with E-state index in [0.717, 1.165) is 0 Å². The largest absolute Gasteiger partial charge is 0.726 e. The van der Waals surface area contributed by atoms with E-state index in [9.17, 15) is 28.3 Å². The lowest BCUT2D eigenvalue weighted by molar-refractivity contribution is 0.0105. The summed E-state index contributed by atoms with van der Waals surface area (Å²) in [6.07, 6.45) is -5.26. The topological polar surface area (TPSA) is 168 Å². The number of hydrogen-bond acceptors (Lipinski definition) is 9. The molecule has 9 nitrogen and oxygen atoms in total. The lowest BCUT2D eigenvalue weighted by Crippen LogP contribution is -2.42. The molecule has 1 aliphatic heterocycles. The zero-order chi connectivity index (χ0) is 15.5. The van der Waals surface area contributed by atoms with E-state index in [1.54, 1.807) is 0 Å². The van der Waals surface area contributed by atoms with Crippen LogP contribution in [0.25, 0.3) is 0 Å². The minimum absolute atomic E-state index is 0.111. The third-order valence-electron chi connectivity index (χ3n) is 3.00. The van der Waals surface area contributed by atoms with Gasteiger partial charge in [0.25, 0.3) is 0 Å². The van der Waals surface area contributed by atoms with Crippen LogP contribution in [0.3, 0.4) is 0 Å². The summed E-state index contributed by atoms with van der Waals surface area (Å²) >= 11 is 0. The van der Waals surface area contributed by atoms with Crippen molar-refractivity contribution in [1.82, 2.24) is 0 Å². The van der Waals surface area contributed by atoms with Gasteiger partial charge in [-0.2, -0.15) is 0 Å². The van der Waals surface area contributed by atoms with E-state index in [1.165, 1.54) is 0 Å². The fourth-order valence-electron chi connectivity index (χ4n) is 1.99. The van der Waals surface area contributed by atoms with Crippen LogP contribution in [-0.4, -0.2) is 92.9 Å². The monoisotopic (exact) mass is 334 g/mol. The quantitative estimate of drug-likeness (QED) is 0.176. The predicted molar refractivity (Wildman–Crippen MR) is 67.6 cm³/mol. The first-order valence-electron chi connectivity index (χ1n) is 5.76. The molecule has 0 aromatic heterocycles. The summed E-state index contributed by atoms with van der Waals surface area (Å²) in [6, 6.07) is 0. The van der Waals surface area contributed by atoms with Crippen LogP contribution < -0.4 is 0 Å². The summed E-state index contributed by atoms with van der Waals surface area (Å²) in [5.74, 6) is 0.0197. The molecule has 6 atom stereocenters. The molecule has 1 rings (SSSR count). The first kappa shape index (κ1) is 18.1. The Morgan fingerprint density at radius 2 is 1.95 bits per heavy atom. The van der Waals surface area contributed by atoms with Gasteiger partial charge in [-0.1, -0.05) is 0 Å². The van der Waals surface area contributed by atoms with Crippen LogP contribution in [0.4, 0.5) is 0 Å². The van der Waals surface area contributed by atoms with Crippen molar-refractivity contribution in [1.29, 1.82) is 0 Å². The first-order chi connectivity index (χ1) is 9.19. The van der Waals surface area contributed by atoms with Crippen molar-refractivity contribution < 1.29 is 42.7 Å². The van der Waals surface area contributed by atoms with E-state index in [0.29, 0.717) is 0 Å². The standard InChI is InChI=1S/C9H18O9S2/c10-1-7(18-20(15,16)17)5(12)3-19-4-6(13)9(14)8(19)2-11/h5-14H,1-4H2/t5-,6+,7-,8+,9-,19?/m0/s1. The molecule has 11 heteroatoms. The molecule has 0 bridgehead atoms. The lowest BCUT2D eigenvalue weighted by Gasteiger charge is -2.22. The molecule has 120 valence electrons. The maximum atomic E-state index is 10.4. The van der Waals surface area contributed by atoms with Crippen molar-refractivity contribution in [3.63, 3.8) is 0 Å². The highest BCUT2D eigenvalue weighted by molar-refractivity contribution is 7.97. The Kier molecular flexibility index (Phi) is 6.63. The Bertz CT molecular complexity index is 400. The van der Waals surface area contributed by atoms with Gasteiger partial charge in [0.2, 0.25) is 10.4 Å². The molecule has 1 aliphatic rings. The van der Waals surface area contributed by atoms with Crippen LogP contribution in [0.2, 0.25) is 0 Å². The van der Waals surface area contributed by atoms with Crippen LogP contribution in [0.15, 0.2) is 0 Å². The lowest BCUT2D eigenvalue weighted by atomic mass is 10.2. The van der Waals surface area contributed by atoms with Gasteiger partial charge in [-0.3, -0.25) is 4.18 Å². The van der Waals surface area contributed by atoms with Crippen molar-refractivity contribution in [2.45, 2.75) is 29.7 Å². The normalized spacial score (nSPS) is 34.1. The first-order valence-corrected chi connectivity index (χ1v) is 8.71. The van der Waals surface area contributed by atoms with Crippen LogP contribution >= 0.6 is 0 Å². The van der Waals surface area contributed by atoms with Gasteiger partial charge in [-0.25, -0.2) is 8.42 Å². The molecule has 0 radical (unpaired) electrons. The van der Waals surface area contributed by atoms with Gasteiger partial charge in [0.05, 0.1) is 13.2 Å². The predicted octanol–water partition coefficient (Wildman–Crippen LogP) is -4.10. The van der Waals surface area contributed by atoms with Gasteiger partial charge < -0.3 is 30.1 Å². The minimum atomic E-state index is -5.07.